The summed E-state index contributed by atoms with van der Waals surface area (Å²) in [5.74, 6) is -0.977. The Morgan fingerprint density at radius 1 is 1.09 bits per heavy atom. The van der Waals surface area contributed by atoms with E-state index in [-0.39, 0.29) is 20.2 Å². The Labute approximate surface area is 202 Å². The quantitative estimate of drug-likeness (QED) is 0.303. The monoisotopic (exact) mass is 495 g/mol. The number of fused-ring (bicyclic) bond motifs is 1. The molecule has 9 heteroatoms. The number of aryl methyl sites for hydroxylation is 1. The minimum Gasteiger partial charge on any atom is -0.378 e. The summed E-state index contributed by atoms with van der Waals surface area (Å²) in [4.78, 5) is 13.4. The van der Waals surface area contributed by atoms with Gasteiger partial charge in [-0.2, -0.15) is 5.26 Å². The van der Waals surface area contributed by atoms with Crippen molar-refractivity contribution in [2.75, 3.05) is 18.6 Å². The largest absolute Gasteiger partial charge is 0.378 e. The van der Waals surface area contributed by atoms with Crippen LogP contribution in [0.15, 0.2) is 42.6 Å². The number of nitrogens with one attached hydrogen (secondary N) is 1. The summed E-state index contributed by atoms with van der Waals surface area (Å²) in [5.41, 5.74) is 3.84. The molecule has 172 valence electrons. The van der Waals surface area contributed by atoms with Gasteiger partial charge >= 0.3 is 0 Å². The first-order valence-corrected chi connectivity index (χ1v) is 13.3. The smallest absolute Gasteiger partial charge is 0.151 e. The molecule has 3 heterocycles. The molecule has 4 aromatic rings. The molecule has 5 nitrogen and oxygen atoms in total. The third-order valence-corrected chi connectivity index (χ3v) is 6.64. The molecule has 0 saturated carbocycles. The van der Waals surface area contributed by atoms with E-state index < -0.39 is 11.6 Å². The number of rotatable bonds is 6. The lowest BCUT2D eigenvalue weighted by Crippen LogP contribution is -2.06. The molecule has 0 unspecified atom stereocenters. The molecule has 0 radical (unpaired) electrons. The number of anilines is 1. The van der Waals surface area contributed by atoms with Crippen LogP contribution in [0.4, 0.5) is 14.5 Å². The zero-order valence-corrected chi connectivity index (χ0v) is 20.5. The van der Waals surface area contributed by atoms with E-state index >= 15 is 4.39 Å². The van der Waals surface area contributed by atoms with Crippen molar-refractivity contribution in [3.63, 3.8) is 0 Å². The molecule has 0 saturated heterocycles. The summed E-state index contributed by atoms with van der Waals surface area (Å²) >= 11 is 6.53. The SMILES string of the molecule is Cc1nc2cc(F)c(-c3ccc(CP(C)C)nc3)nc2c(NCc2cc(C#N)ccc2F)c1Cl. The van der Waals surface area contributed by atoms with Gasteiger partial charge in [0.2, 0.25) is 0 Å². The molecule has 0 amide bonds. The highest BCUT2D eigenvalue weighted by Gasteiger charge is 2.18. The van der Waals surface area contributed by atoms with Gasteiger partial charge in [-0.3, -0.25) is 4.98 Å². The molecule has 4 rings (SSSR count). The molecule has 0 aliphatic rings. The molecule has 1 N–H and O–H groups in total. The van der Waals surface area contributed by atoms with Crippen molar-refractivity contribution in [3.05, 3.63) is 81.8 Å². The lowest BCUT2D eigenvalue weighted by atomic mass is 10.1. The van der Waals surface area contributed by atoms with Crippen molar-refractivity contribution >= 4 is 36.2 Å². The predicted octanol–water partition coefficient (Wildman–Crippen LogP) is 6.66. The van der Waals surface area contributed by atoms with Gasteiger partial charge in [0, 0.05) is 41.8 Å². The Kier molecular flexibility index (Phi) is 7.02. The fourth-order valence-electron chi connectivity index (χ4n) is 3.57. The van der Waals surface area contributed by atoms with Crippen molar-refractivity contribution in [1.29, 1.82) is 5.26 Å². The lowest BCUT2D eigenvalue weighted by Gasteiger charge is -2.15. The maximum atomic E-state index is 15.0. The topological polar surface area (TPSA) is 74.5 Å². The summed E-state index contributed by atoms with van der Waals surface area (Å²) in [5, 5.41) is 12.5. The fraction of sp³-hybridized carbons (Fsp3) is 0.200. The second kappa shape index (κ2) is 9.97. The van der Waals surface area contributed by atoms with Crippen molar-refractivity contribution in [2.45, 2.75) is 19.6 Å². The molecular formula is C25H21ClF2N5P. The van der Waals surface area contributed by atoms with Crippen molar-refractivity contribution < 1.29 is 8.78 Å². The summed E-state index contributed by atoms with van der Waals surface area (Å²) in [6.45, 7) is 6.10. The summed E-state index contributed by atoms with van der Waals surface area (Å²) in [7, 11) is -0.139. The molecule has 0 fully saturated rings. The maximum Gasteiger partial charge on any atom is 0.151 e. The van der Waals surface area contributed by atoms with Gasteiger partial charge < -0.3 is 5.32 Å². The summed E-state index contributed by atoms with van der Waals surface area (Å²) < 4.78 is 29.3. The number of hydrogen-bond donors (Lipinski definition) is 1. The van der Waals surface area contributed by atoms with E-state index in [1.165, 1.54) is 24.3 Å². The highest BCUT2D eigenvalue weighted by atomic mass is 35.5. The average Bonchev–Trinajstić information content (AvgIpc) is 2.80. The Hall–Kier alpha value is -3.20. The Morgan fingerprint density at radius 3 is 2.56 bits per heavy atom. The number of halogens is 3. The predicted molar refractivity (Wildman–Crippen MR) is 133 cm³/mol. The van der Waals surface area contributed by atoms with Crippen LogP contribution in [0.2, 0.25) is 5.02 Å². The van der Waals surface area contributed by atoms with Crippen LogP contribution in [-0.2, 0) is 12.7 Å². The van der Waals surface area contributed by atoms with Crippen LogP contribution in [0.5, 0.6) is 0 Å². The normalized spacial score (nSPS) is 11.1. The third kappa shape index (κ3) is 4.99. The third-order valence-electron chi connectivity index (χ3n) is 5.22. The maximum absolute atomic E-state index is 15.0. The zero-order valence-electron chi connectivity index (χ0n) is 18.8. The van der Waals surface area contributed by atoms with Crippen LogP contribution < -0.4 is 5.32 Å². The molecule has 0 bridgehead atoms. The van der Waals surface area contributed by atoms with Crippen LogP contribution in [0.25, 0.3) is 22.3 Å². The molecule has 34 heavy (non-hydrogen) atoms. The minimum absolute atomic E-state index is 0.0568. The first-order valence-electron chi connectivity index (χ1n) is 10.5. The van der Waals surface area contributed by atoms with Crippen molar-refractivity contribution in [1.82, 2.24) is 15.0 Å². The van der Waals surface area contributed by atoms with Gasteiger partial charge in [-0.1, -0.05) is 11.6 Å². The van der Waals surface area contributed by atoms with E-state index in [0.717, 1.165) is 11.9 Å². The molecule has 0 spiro atoms. The van der Waals surface area contributed by atoms with Crippen LogP contribution in [0.3, 0.4) is 0 Å². The molecular weight excluding hydrogens is 475 g/mol. The van der Waals surface area contributed by atoms with Crippen molar-refractivity contribution in [2.24, 2.45) is 0 Å². The number of nitrogens with zero attached hydrogens (tertiary/aromatic N) is 4. The van der Waals surface area contributed by atoms with Gasteiger partial charge in [-0.25, -0.2) is 18.7 Å². The number of pyridine rings is 3. The molecule has 0 aliphatic heterocycles. The number of benzene rings is 1. The van der Waals surface area contributed by atoms with Gasteiger partial charge in [0.25, 0.3) is 0 Å². The molecule has 0 atom stereocenters. The summed E-state index contributed by atoms with van der Waals surface area (Å²) in [6, 6.07) is 11.1. The van der Waals surface area contributed by atoms with E-state index in [0.29, 0.717) is 44.1 Å². The molecule has 1 aromatic carbocycles. The van der Waals surface area contributed by atoms with E-state index in [9.17, 15) is 4.39 Å². The molecule has 3 aromatic heterocycles. The second-order valence-corrected chi connectivity index (χ2v) is 11.0. The first kappa shape index (κ1) is 23.9. The second-order valence-electron chi connectivity index (χ2n) is 8.12. The van der Waals surface area contributed by atoms with Crippen LogP contribution >= 0.6 is 19.5 Å². The van der Waals surface area contributed by atoms with Crippen molar-refractivity contribution in [3.8, 4) is 17.3 Å². The Balaban J connectivity index is 1.76. The van der Waals surface area contributed by atoms with Crippen LogP contribution in [0.1, 0.15) is 22.5 Å². The zero-order chi connectivity index (χ0) is 24.4. The first-order chi connectivity index (χ1) is 16.3. The van der Waals surface area contributed by atoms with Gasteiger partial charge in [0.15, 0.2) is 5.82 Å². The number of aromatic nitrogens is 3. The minimum atomic E-state index is -0.525. The van der Waals surface area contributed by atoms with Crippen LogP contribution in [-0.4, -0.2) is 28.3 Å². The van der Waals surface area contributed by atoms with Crippen LogP contribution in [0, 0.1) is 29.9 Å². The van der Waals surface area contributed by atoms with E-state index in [4.69, 9.17) is 16.9 Å². The van der Waals surface area contributed by atoms with Gasteiger partial charge in [0.05, 0.1) is 33.6 Å². The highest BCUT2D eigenvalue weighted by molar-refractivity contribution is 7.55. The number of nitriles is 1. The van der Waals surface area contributed by atoms with Gasteiger partial charge in [-0.05, 0) is 50.6 Å². The van der Waals surface area contributed by atoms with E-state index in [1.54, 1.807) is 19.2 Å². The Morgan fingerprint density at radius 2 is 1.88 bits per heavy atom. The van der Waals surface area contributed by atoms with Gasteiger partial charge in [0.1, 0.15) is 17.0 Å². The van der Waals surface area contributed by atoms with Gasteiger partial charge in [-0.15, -0.1) is 7.92 Å². The summed E-state index contributed by atoms with van der Waals surface area (Å²) in [6.07, 6.45) is 2.50. The Bertz CT molecular complexity index is 1420. The standard InChI is InChI=1S/C25H21ClF2N5P/c1-14-22(26)25(31-12-17-8-15(10-29)4-7-19(17)27)24-21(32-14)9-20(28)23(33-24)16-5-6-18(30-11-16)13-34(2)3/h4-9,11H,12-13H2,1-3H3,(H,31,32). The van der Waals surface area contributed by atoms with E-state index in [1.807, 2.05) is 12.1 Å². The average molecular weight is 496 g/mol. The number of hydrogen-bond acceptors (Lipinski definition) is 5. The highest BCUT2D eigenvalue weighted by Crippen LogP contribution is 2.35. The lowest BCUT2D eigenvalue weighted by molar-refractivity contribution is 0.613. The van der Waals surface area contributed by atoms with E-state index in [2.05, 4.69) is 33.6 Å². The molecule has 0 aliphatic carbocycles. The fourth-order valence-corrected chi connectivity index (χ4v) is 4.61.